The Morgan fingerprint density at radius 1 is 1.62 bits per heavy atom. The Morgan fingerprint density at radius 3 is 2.62 bits per heavy atom. The van der Waals surface area contributed by atoms with Gasteiger partial charge in [-0.2, -0.15) is 5.26 Å². The van der Waals surface area contributed by atoms with Crippen molar-refractivity contribution >= 4 is 0 Å². The van der Waals surface area contributed by atoms with Gasteiger partial charge in [0.1, 0.15) is 5.54 Å². The zero-order chi connectivity index (χ0) is 9.90. The molecular formula is C10H19N3. The number of nitrogens with two attached hydrogens (primary N) is 1. The summed E-state index contributed by atoms with van der Waals surface area (Å²) in [6, 6.07) is 2.91. The zero-order valence-electron chi connectivity index (χ0n) is 8.58. The minimum Gasteiger partial charge on any atom is -0.314 e. The van der Waals surface area contributed by atoms with Crippen LogP contribution >= 0.6 is 0 Å². The van der Waals surface area contributed by atoms with Crippen LogP contribution in [-0.4, -0.2) is 29.6 Å². The van der Waals surface area contributed by atoms with Crippen LogP contribution in [-0.2, 0) is 0 Å². The highest BCUT2D eigenvalue weighted by molar-refractivity contribution is 5.01. The van der Waals surface area contributed by atoms with Crippen LogP contribution in [0.1, 0.15) is 33.1 Å². The van der Waals surface area contributed by atoms with Crippen molar-refractivity contribution in [3.8, 4) is 6.07 Å². The van der Waals surface area contributed by atoms with E-state index in [1.807, 2.05) is 0 Å². The molecular weight excluding hydrogens is 162 g/mol. The third-order valence-corrected chi connectivity index (χ3v) is 2.64. The lowest BCUT2D eigenvalue weighted by molar-refractivity contribution is 0.258. The minimum absolute atomic E-state index is 0.650. The summed E-state index contributed by atoms with van der Waals surface area (Å²) in [5.74, 6) is 0. The van der Waals surface area contributed by atoms with Crippen LogP contribution in [0.3, 0.4) is 0 Å². The summed E-state index contributed by atoms with van der Waals surface area (Å²) in [5, 5.41) is 8.74. The minimum atomic E-state index is -0.650. The largest absolute Gasteiger partial charge is 0.314 e. The van der Waals surface area contributed by atoms with Gasteiger partial charge in [-0.15, -0.1) is 0 Å². The number of nitrogens with zero attached hydrogens (tertiary/aromatic N) is 2. The number of nitriles is 1. The van der Waals surface area contributed by atoms with Crippen LogP contribution in [0.5, 0.6) is 0 Å². The van der Waals surface area contributed by atoms with E-state index in [2.05, 4.69) is 17.9 Å². The summed E-state index contributed by atoms with van der Waals surface area (Å²) in [6.45, 7) is 6.00. The van der Waals surface area contributed by atoms with Crippen LogP contribution in [0, 0.1) is 11.3 Å². The average Bonchev–Trinajstić information content (AvgIpc) is 2.89. The fourth-order valence-corrected chi connectivity index (χ4v) is 1.47. The van der Waals surface area contributed by atoms with Gasteiger partial charge in [0.2, 0.25) is 0 Å². The van der Waals surface area contributed by atoms with E-state index in [0.29, 0.717) is 0 Å². The molecule has 0 spiro atoms. The molecule has 0 aromatic rings. The fourth-order valence-electron chi connectivity index (χ4n) is 1.47. The predicted octanol–water partition coefficient (Wildman–Crippen LogP) is 1.10. The molecule has 0 radical (unpaired) electrons. The predicted molar refractivity (Wildman–Crippen MR) is 53.1 cm³/mol. The van der Waals surface area contributed by atoms with Gasteiger partial charge in [0, 0.05) is 12.6 Å². The summed E-state index contributed by atoms with van der Waals surface area (Å²) in [5.41, 5.74) is 5.10. The molecule has 0 heterocycles. The lowest BCUT2D eigenvalue weighted by Gasteiger charge is -2.23. The average molecular weight is 181 g/mol. The van der Waals surface area contributed by atoms with Crippen molar-refractivity contribution in [3.05, 3.63) is 0 Å². The third-order valence-electron chi connectivity index (χ3n) is 2.64. The molecule has 0 aliphatic heterocycles. The Balaban J connectivity index is 2.27. The van der Waals surface area contributed by atoms with Crippen LogP contribution in [0.25, 0.3) is 0 Å². The lowest BCUT2D eigenvalue weighted by Crippen LogP contribution is -2.39. The van der Waals surface area contributed by atoms with Gasteiger partial charge in [0.05, 0.1) is 6.07 Å². The lowest BCUT2D eigenvalue weighted by atomic mass is 10.0. The number of hydrogen-bond donors (Lipinski definition) is 1. The van der Waals surface area contributed by atoms with Crippen molar-refractivity contribution in [1.29, 1.82) is 5.26 Å². The summed E-state index contributed by atoms with van der Waals surface area (Å²) in [7, 11) is 0. The second-order valence-electron chi connectivity index (χ2n) is 4.14. The highest BCUT2D eigenvalue weighted by Crippen LogP contribution is 2.26. The molecule has 3 heteroatoms. The van der Waals surface area contributed by atoms with Gasteiger partial charge < -0.3 is 10.6 Å². The molecule has 0 aromatic heterocycles. The van der Waals surface area contributed by atoms with Crippen molar-refractivity contribution < 1.29 is 0 Å². The molecule has 0 bridgehead atoms. The van der Waals surface area contributed by atoms with Crippen LogP contribution < -0.4 is 5.73 Å². The van der Waals surface area contributed by atoms with Crippen LogP contribution in [0.4, 0.5) is 0 Å². The molecule has 0 aromatic carbocycles. The standard InChI is InChI=1S/C10H19N3/c1-3-13(9-4-5-9)7-6-10(2,12)8-11/h9H,3-7,12H2,1-2H3. The molecule has 0 saturated heterocycles. The molecule has 13 heavy (non-hydrogen) atoms. The Kier molecular flexibility index (Phi) is 3.29. The van der Waals surface area contributed by atoms with E-state index in [9.17, 15) is 0 Å². The third kappa shape index (κ3) is 3.33. The first-order valence-electron chi connectivity index (χ1n) is 5.03. The van der Waals surface area contributed by atoms with E-state index in [-0.39, 0.29) is 0 Å². The molecule has 1 unspecified atom stereocenters. The van der Waals surface area contributed by atoms with Crippen molar-refractivity contribution in [2.75, 3.05) is 13.1 Å². The summed E-state index contributed by atoms with van der Waals surface area (Å²) >= 11 is 0. The molecule has 3 nitrogen and oxygen atoms in total. The van der Waals surface area contributed by atoms with Gasteiger partial charge in [-0.1, -0.05) is 6.92 Å². The van der Waals surface area contributed by atoms with Gasteiger partial charge in [0.25, 0.3) is 0 Å². The maximum Gasteiger partial charge on any atom is 0.102 e. The van der Waals surface area contributed by atoms with E-state index in [1.54, 1.807) is 6.92 Å². The quantitative estimate of drug-likeness (QED) is 0.691. The molecule has 2 N–H and O–H groups in total. The van der Waals surface area contributed by atoms with Gasteiger partial charge in [-0.25, -0.2) is 0 Å². The first-order chi connectivity index (χ1) is 6.09. The number of rotatable bonds is 5. The van der Waals surface area contributed by atoms with Crippen LogP contribution in [0.15, 0.2) is 0 Å². The topological polar surface area (TPSA) is 53.0 Å². The van der Waals surface area contributed by atoms with Crippen molar-refractivity contribution in [2.45, 2.75) is 44.7 Å². The summed E-state index contributed by atoms with van der Waals surface area (Å²) in [4.78, 5) is 2.42. The van der Waals surface area contributed by atoms with Crippen molar-refractivity contribution in [1.82, 2.24) is 4.90 Å². The van der Waals surface area contributed by atoms with Gasteiger partial charge in [-0.05, 0) is 32.7 Å². The molecule has 0 amide bonds. The van der Waals surface area contributed by atoms with Gasteiger partial charge in [-0.3, -0.25) is 0 Å². The van der Waals surface area contributed by atoms with Gasteiger partial charge in [0.15, 0.2) is 0 Å². The van der Waals surface area contributed by atoms with E-state index in [0.717, 1.165) is 25.6 Å². The van der Waals surface area contributed by atoms with Crippen molar-refractivity contribution in [2.24, 2.45) is 5.73 Å². The normalized spacial score (nSPS) is 21.2. The molecule has 1 rings (SSSR count). The molecule has 1 saturated carbocycles. The second kappa shape index (κ2) is 4.08. The van der Waals surface area contributed by atoms with E-state index < -0.39 is 5.54 Å². The summed E-state index contributed by atoms with van der Waals surface area (Å²) in [6.07, 6.45) is 3.41. The molecule has 1 atom stereocenters. The molecule has 1 fully saturated rings. The van der Waals surface area contributed by atoms with Crippen LogP contribution in [0.2, 0.25) is 0 Å². The zero-order valence-corrected chi connectivity index (χ0v) is 8.58. The van der Waals surface area contributed by atoms with Crippen molar-refractivity contribution in [3.63, 3.8) is 0 Å². The molecule has 1 aliphatic rings. The molecule has 74 valence electrons. The first kappa shape index (κ1) is 10.5. The Bertz CT molecular complexity index is 201. The van der Waals surface area contributed by atoms with E-state index >= 15 is 0 Å². The Hall–Kier alpha value is -0.590. The Morgan fingerprint density at radius 2 is 2.23 bits per heavy atom. The Labute approximate surface area is 80.5 Å². The maximum absolute atomic E-state index is 8.74. The smallest absolute Gasteiger partial charge is 0.102 e. The van der Waals surface area contributed by atoms with Gasteiger partial charge >= 0.3 is 0 Å². The first-order valence-corrected chi connectivity index (χ1v) is 5.03. The second-order valence-corrected chi connectivity index (χ2v) is 4.14. The maximum atomic E-state index is 8.74. The fraction of sp³-hybridized carbons (Fsp3) is 0.900. The highest BCUT2D eigenvalue weighted by atomic mass is 15.2. The molecule has 1 aliphatic carbocycles. The van der Waals surface area contributed by atoms with E-state index in [4.69, 9.17) is 11.0 Å². The monoisotopic (exact) mass is 181 g/mol. The van der Waals surface area contributed by atoms with E-state index in [1.165, 1.54) is 12.8 Å². The highest BCUT2D eigenvalue weighted by Gasteiger charge is 2.29. The number of hydrogen-bond acceptors (Lipinski definition) is 3. The SMILES string of the molecule is CCN(CCC(C)(N)C#N)C1CC1. The summed E-state index contributed by atoms with van der Waals surface area (Å²) < 4.78 is 0.